The lowest BCUT2D eigenvalue weighted by molar-refractivity contribution is -0.167. The molecule has 0 radical (unpaired) electrons. The first kappa shape index (κ1) is 71.0. The molecule has 0 aliphatic heterocycles. The molecule has 0 saturated carbocycles. The summed E-state index contributed by atoms with van der Waals surface area (Å²) >= 11 is 0. The molecular weight excluding hydrogens is 937 g/mol. The molecule has 0 aliphatic carbocycles. The lowest BCUT2D eigenvalue weighted by atomic mass is 10.1. The van der Waals surface area contributed by atoms with E-state index >= 15 is 0 Å². The zero-order chi connectivity index (χ0) is 55.0. The van der Waals surface area contributed by atoms with Crippen LogP contribution < -0.4 is 0 Å². The van der Waals surface area contributed by atoms with E-state index in [9.17, 15) is 14.4 Å². The third kappa shape index (κ3) is 59.9. The summed E-state index contributed by atoms with van der Waals surface area (Å²) < 4.78 is 16.8. The SMILES string of the molecule is CC/C=C\C/C=C\C/C=C\C/C=C\C/C=C\C/C=C\CCCCC(=O)OCC(COC(=O)CCCCCCC/C=C\C/C=C\CCCCCC)OC(=O)CCCCCCC/C=C\C/C=C\C/C=C\C/C=C\C/C=C\CC. The minimum atomic E-state index is -0.822. The molecule has 0 rings (SSSR count). The maximum absolute atomic E-state index is 12.9. The van der Waals surface area contributed by atoms with Crippen LogP contribution in [0.1, 0.15) is 245 Å². The van der Waals surface area contributed by atoms with Gasteiger partial charge in [0.2, 0.25) is 0 Å². The average molecular weight is 1050 g/mol. The second-order valence-corrected chi connectivity index (χ2v) is 19.5. The van der Waals surface area contributed by atoms with Gasteiger partial charge in [-0.1, -0.05) is 237 Å². The normalized spacial score (nSPS) is 13.2. The van der Waals surface area contributed by atoms with Crippen LogP contribution in [0.3, 0.4) is 0 Å². The Morgan fingerprint density at radius 1 is 0.276 bits per heavy atom. The molecule has 0 amide bonds. The van der Waals surface area contributed by atoms with E-state index in [4.69, 9.17) is 14.2 Å². The van der Waals surface area contributed by atoms with Gasteiger partial charge in [0.15, 0.2) is 6.10 Å². The van der Waals surface area contributed by atoms with Crippen molar-refractivity contribution in [3.63, 3.8) is 0 Å². The molecule has 6 heteroatoms. The van der Waals surface area contributed by atoms with Gasteiger partial charge >= 0.3 is 17.9 Å². The standard InChI is InChI=1S/C70H110O6/c1-4-7-10-13-16-19-22-25-28-31-33-35-37-39-42-45-48-51-54-57-60-63-69(72)75-66-67(65-74-68(71)62-59-56-53-50-47-44-41-30-27-24-21-18-15-12-9-6-3)76-70(73)64-61-58-55-52-49-46-43-40-38-36-34-32-29-26-23-20-17-14-11-8-5-2/h7-8,10-11,16-17,19-21,24-26,28-30,33-36,39-43,48,51,67H,4-6,9,12-15,18,22-23,27,31-32,37-38,44-47,49-50,52-66H2,1-3H3/b10-7-,11-8-,19-16-,20-17-,24-21-,28-25-,29-26-,35-33-,36-34-,41-30-,42-39-,43-40-,51-48-. The second-order valence-electron chi connectivity index (χ2n) is 19.5. The third-order valence-electron chi connectivity index (χ3n) is 12.2. The number of ether oxygens (including phenoxy) is 3. The predicted molar refractivity (Wildman–Crippen MR) is 329 cm³/mol. The fraction of sp³-hybridized carbons (Fsp3) is 0.586. The molecule has 0 bridgehead atoms. The highest BCUT2D eigenvalue weighted by Crippen LogP contribution is 2.13. The smallest absolute Gasteiger partial charge is 0.306 e. The van der Waals surface area contributed by atoms with Crippen LogP contribution in [0.25, 0.3) is 0 Å². The molecule has 426 valence electrons. The first-order valence-corrected chi connectivity index (χ1v) is 30.5. The minimum Gasteiger partial charge on any atom is -0.462 e. The lowest BCUT2D eigenvalue weighted by Gasteiger charge is -2.18. The van der Waals surface area contributed by atoms with Gasteiger partial charge in [0.1, 0.15) is 13.2 Å². The number of hydrogen-bond donors (Lipinski definition) is 0. The van der Waals surface area contributed by atoms with Gasteiger partial charge in [0.05, 0.1) is 0 Å². The Kier molecular flexibility index (Phi) is 58.5. The zero-order valence-electron chi connectivity index (χ0n) is 48.7. The molecule has 0 heterocycles. The molecule has 1 unspecified atom stereocenters. The molecule has 0 N–H and O–H groups in total. The largest absolute Gasteiger partial charge is 0.462 e. The van der Waals surface area contributed by atoms with Crippen LogP contribution in [0.4, 0.5) is 0 Å². The molecule has 76 heavy (non-hydrogen) atoms. The Bertz CT molecular complexity index is 1720. The molecule has 6 nitrogen and oxygen atoms in total. The molecule has 1 atom stereocenters. The summed E-state index contributed by atoms with van der Waals surface area (Å²) in [6, 6.07) is 0. The van der Waals surface area contributed by atoms with Gasteiger partial charge in [0, 0.05) is 19.3 Å². The summed E-state index contributed by atoms with van der Waals surface area (Å²) in [5, 5.41) is 0. The van der Waals surface area contributed by atoms with Crippen molar-refractivity contribution >= 4 is 17.9 Å². The van der Waals surface area contributed by atoms with Crippen molar-refractivity contribution in [3.05, 3.63) is 158 Å². The number of allylic oxidation sites excluding steroid dienone is 26. The van der Waals surface area contributed by atoms with Gasteiger partial charge in [0.25, 0.3) is 0 Å². The number of carbonyl (C=O) groups is 3. The Hall–Kier alpha value is -4.97. The van der Waals surface area contributed by atoms with E-state index in [1.165, 1.54) is 32.1 Å². The third-order valence-corrected chi connectivity index (χ3v) is 12.2. The second kappa shape index (κ2) is 62.6. The fourth-order valence-electron chi connectivity index (χ4n) is 7.74. The Labute approximate surface area is 467 Å². The van der Waals surface area contributed by atoms with E-state index in [0.717, 1.165) is 167 Å². The molecule has 0 saturated heterocycles. The van der Waals surface area contributed by atoms with E-state index < -0.39 is 6.10 Å². The number of hydrogen-bond acceptors (Lipinski definition) is 6. The average Bonchev–Trinajstić information content (AvgIpc) is 3.42. The highest BCUT2D eigenvalue weighted by molar-refractivity contribution is 5.71. The number of rotatable bonds is 53. The van der Waals surface area contributed by atoms with Crippen LogP contribution in [0, 0.1) is 0 Å². The van der Waals surface area contributed by atoms with Crippen molar-refractivity contribution in [2.45, 2.75) is 252 Å². The van der Waals surface area contributed by atoms with Crippen LogP contribution >= 0.6 is 0 Å². The Balaban J connectivity index is 4.57. The molecule has 0 spiro atoms. The van der Waals surface area contributed by atoms with Crippen molar-refractivity contribution in [2.75, 3.05) is 13.2 Å². The van der Waals surface area contributed by atoms with Crippen LogP contribution in [0.2, 0.25) is 0 Å². The summed E-state index contributed by atoms with van der Waals surface area (Å²) in [6.45, 7) is 6.32. The highest BCUT2D eigenvalue weighted by Gasteiger charge is 2.19. The number of unbranched alkanes of at least 4 members (excludes halogenated alkanes) is 16. The molecule has 0 aromatic rings. The highest BCUT2D eigenvalue weighted by atomic mass is 16.6. The van der Waals surface area contributed by atoms with Crippen LogP contribution in [-0.2, 0) is 28.6 Å². The summed E-state index contributed by atoms with van der Waals surface area (Å²) in [6.07, 6.45) is 90.9. The molecule has 0 fully saturated rings. The van der Waals surface area contributed by atoms with E-state index in [1.54, 1.807) is 0 Å². The van der Waals surface area contributed by atoms with E-state index in [-0.39, 0.29) is 44.0 Å². The van der Waals surface area contributed by atoms with Gasteiger partial charge < -0.3 is 14.2 Å². The lowest BCUT2D eigenvalue weighted by Crippen LogP contribution is -2.30. The van der Waals surface area contributed by atoms with Crippen molar-refractivity contribution in [1.29, 1.82) is 0 Å². The van der Waals surface area contributed by atoms with Crippen LogP contribution in [0.5, 0.6) is 0 Å². The maximum Gasteiger partial charge on any atom is 0.306 e. The Morgan fingerprint density at radius 2 is 0.513 bits per heavy atom. The first-order chi connectivity index (χ1) is 37.5. The Morgan fingerprint density at radius 3 is 0.829 bits per heavy atom. The quantitative estimate of drug-likeness (QED) is 0.0261. The van der Waals surface area contributed by atoms with Gasteiger partial charge in [-0.05, 0) is 148 Å². The van der Waals surface area contributed by atoms with Crippen molar-refractivity contribution in [1.82, 2.24) is 0 Å². The fourth-order valence-corrected chi connectivity index (χ4v) is 7.74. The molecule has 0 aromatic carbocycles. The molecule has 0 aliphatic rings. The van der Waals surface area contributed by atoms with Gasteiger partial charge in [-0.15, -0.1) is 0 Å². The summed E-state index contributed by atoms with van der Waals surface area (Å²) in [5.41, 5.74) is 0. The maximum atomic E-state index is 12.9. The van der Waals surface area contributed by atoms with Crippen molar-refractivity contribution < 1.29 is 28.6 Å². The minimum absolute atomic E-state index is 0.114. The first-order valence-electron chi connectivity index (χ1n) is 30.5. The van der Waals surface area contributed by atoms with E-state index in [0.29, 0.717) is 12.8 Å². The monoisotopic (exact) mass is 1050 g/mol. The predicted octanol–water partition coefficient (Wildman–Crippen LogP) is 20.9. The van der Waals surface area contributed by atoms with E-state index in [2.05, 4.69) is 179 Å². The summed E-state index contributed by atoms with van der Waals surface area (Å²) in [5.74, 6) is -0.996. The van der Waals surface area contributed by atoms with Crippen LogP contribution in [0.15, 0.2) is 158 Å². The molecular formula is C70H110O6. The van der Waals surface area contributed by atoms with Crippen molar-refractivity contribution in [2.24, 2.45) is 0 Å². The van der Waals surface area contributed by atoms with Crippen LogP contribution in [-0.4, -0.2) is 37.2 Å². The topological polar surface area (TPSA) is 78.9 Å². The van der Waals surface area contributed by atoms with Crippen molar-refractivity contribution in [3.8, 4) is 0 Å². The van der Waals surface area contributed by atoms with Gasteiger partial charge in [-0.3, -0.25) is 14.4 Å². The van der Waals surface area contributed by atoms with E-state index in [1.807, 2.05) is 0 Å². The van der Waals surface area contributed by atoms with Gasteiger partial charge in [-0.25, -0.2) is 0 Å². The zero-order valence-corrected chi connectivity index (χ0v) is 48.7. The number of esters is 3. The summed E-state index contributed by atoms with van der Waals surface area (Å²) in [4.78, 5) is 38.3. The van der Waals surface area contributed by atoms with Gasteiger partial charge in [-0.2, -0.15) is 0 Å². The summed E-state index contributed by atoms with van der Waals surface area (Å²) in [7, 11) is 0. The number of carbonyl (C=O) groups excluding carboxylic acids is 3. The molecule has 0 aromatic heterocycles.